The predicted octanol–water partition coefficient (Wildman–Crippen LogP) is 4.11. The van der Waals surface area contributed by atoms with Gasteiger partial charge in [-0.3, -0.25) is 9.58 Å². The van der Waals surface area contributed by atoms with Crippen molar-refractivity contribution in [2.75, 3.05) is 13.6 Å². The number of likely N-dealkylation sites (N-methyl/N-ethyl adjacent to an activating group) is 1. The van der Waals surface area contributed by atoms with E-state index in [1.807, 2.05) is 24.0 Å². The van der Waals surface area contributed by atoms with Crippen molar-refractivity contribution in [3.05, 3.63) is 76.2 Å². The van der Waals surface area contributed by atoms with Crippen molar-refractivity contribution < 1.29 is 4.74 Å². The molecule has 25 heavy (non-hydrogen) atoms. The second-order valence-electron chi connectivity index (χ2n) is 6.23. The van der Waals surface area contributed by atoms with E-state index in [0.29, 0.717) is 0 Å². The van der Waals surface area contributed by atoms with Gasteiger partial charge in [0.2, 0.25) is 0 Å². The maximum Gasteiger partial charge on any atom is 0.135 e. The summed E-state index contributed by atoms with van der Waals surface area (Å²) >= 11 is 1.72. The average Bonchev–Trinajstić information content (AvgIpc) is 3.30. The fourth-order valence-corrected chi connectivity index (χ4v) is 3.57. The van der Waals surface area contributed by atoms with Crippen LogP contribution in [0.15, 0.2) is 60.1 Å². The number of aromatic nitrogens is 2. The van der Waals surface area contributed by atoms with Crippen LogP contribution in [0.5, 0.6) is 0 Å². The smallest absolute Gasteiger partial charge is 0.135 e. The molecular weight excluding hydrogens is 330 g/mol. The quantitative estimate of drug-likeness (QED) is 0.570. The standard InChI is InChI=1S/C20H25N3OS/c1-16(22(2)14-12-17-8-5-4-6-9-17)24-20(19-10-7-15-25-19)18-11-13-21-23(18)3/h4-11,13,15-16,20H,12,14H2,1-3H3. The molecule has 5 heteroatoms. The summed E-state index contributed by atoms with van der Waals surface area (Å²) in [7, 11) is 4.07. The SMILES string of the molecule is CC(OC(c1cccs1)c1ccnn1C)N(C)CCc1ccccc1. The Balaban J connectivity index is 1.66. The van der Waals surface area contributed by atoms with E-state index < -0.39 is 0 Å². The molecule has 2 aromatic heterocycles. The van der Waals surface area contributed by atoms with Crippen LogP contribution in [0.25, 0.3) is 0 Å². The molecule has 0 radical (unpaired) electrons. The van der Waals surface area contributed by atoms with Crippen molar-refractivity contribution in [1.82, 2.24) is 14.7 Å². The van der Waals surface area contributed by atoms with Crippen molar-refractivity contribution in [2.45, 2.75) is 25.7 Å². The summed E-state index contributed by atoms with van der Waals surface area (Å²) < 4.78 is 8.34. The first-order valence-electron chi connectivity index (χ1n) is 8.56. The van der Waals surface area contributed by atoms with Crippen molar-refractivity contribution in [3.8, 4) is 0 Å². The van der Waals surface area contributed by atoms with Crippen LogP contribution < -0.4 is 0 Å². The Morgan fingerprint density at radius 3 is 2.60 bits per heavy atom. The highest BCUT2D eigenvalue weighted by molar-refractivity contribution is 7.10. The molecule has 0 spiro atoms. The largest absolute Gasteiger partial charge is 0.348 e. The third-order valence-electron chi connectivity index (χ3n) is 4.48. The van der Waals surface area contributed by atoms with E-state index in [1.165, 1.54) is 10.4 Å². The molecule has 0 saturated carbocycles. The van der Waals surface area contributed by atoms with Crippen molar-refractivity contribution in [2.24, 2.45) is 7.05 Å². The summed E-state index contributed by atoms with van der Waals surface area (Å²) in [4.78, 5) is 3.45. The Morgan fingerprint density at radius 1 is 1.16 bits per heavy atom. The second-order valence-corrected chi connectivity index (χ2v) is 7.21. The van der Waals surface area contributed by atoms with E-state index >= 15 is 0 Å². The normalized spacial score (nSPS) is 13.9. The van der Waals surface area contributed by atoms with E-state index in [4.69, 9.17) is 4.74 Å². The van der Waals surface area contributed by atoms with Gasteiger partial charge in [-0.2, -0.15) is 5.10 Å². The molecule has 0 aliphatic rings. The number of thiophene rings is 1. The Kier molecular flexibility index (Phi) is 6.02. The van der Waals surface area contributed by atoms with Crippen LogP contribution in [0.1, 0.15) is 29.2 Å². The van der Waals surface area contributed by atoms with Crippen molar-refractivity contribution in [1.29, 1.82) is 0 Å². The van der Waals surface area contributed by atoms with Crippen LogP contribution in [0.4, 0.5) is 0 Å². The molecule has 0 fully saturated rings. The minimum atomic E-state index is -0.0957. The van der Waals surface area contributed by atoms with Gasteiger partial charge < -0.3 is 4.74 Å². The van der Waals surface area contributed by atoms with Crippen molar-refractivity contribution in [3.63, 3.8) is 0 Å². The van der Waals surface area contributed by atoms with Gasteiger partial charge in [0.15, 0.2) is 0 Å². The van der Waals surface area contributed by atoms with Gasteiger partial charge in [-0.25, -0.2) is 0 Å². The van der Waals surface area contributed by atoms with Gasteiger partial charge >= 0.3 is 0 Å². The van der Waals surface area contributed by atoms with Crippen LogP contribution in [-0.2, 0) is 18.2 Å². The third-order valence-corrected chi connectivity index (χ3v) is 5.39. The first-order valence-corrected chi connectivity index (χ1v) is 9.44. The lowest BCUT2D eigenvalue weighted by Gasteiger charge is -2.29. The Hall–Kier alpha value is -1.95. The zero-order valence-electron chi connectivity index (χ0n) is 15.0. The molecule has 0 amide bonds. The lowest BCUT2D eigenvalue weighted by Crippen LogP contribution is -2.34. The minimum Gasteiger partial charge on any atom is -0.348 e. The maximum absolute atomic E-state index is 6.45. The molecule has 2 atom stereocenters. The van der Waals surface area contributed by atoms with Gasteiger partial charge in [0.05, 0.1) is 5.69 Å². The fourth-order valence-electron chi connectivity index (χ4n) is 2.80. The molecule has 0 bridgehead atoms. The highest BCUT2D eigenvalue weighted by Crippen LogP contribution is 2.30. The van der Waals surface area contributed by atoms with Crippen LogP contribution >= 0.6 is 11.3 Å². The van der Waals surface area contributed by atoms with Gasteiger partial charge in [0.25, 0.3) is 0 Å². The summed E-state index contributed by atoms with van der Waals surface area (Å²) in [6.45, 7) is 3.07. The van der Waals surface area contributed by atoms with Crippen LogP contribution in [-0.4, -0.2) is 34.5 Å². The van der Waals surface area contributed by atoms with Gasteiger partial charge in [-0.15, -0.1) is 11.3 Å². The molecule has 2 unspecified atom stereocenters. The highest BCUT2D eigenvalue weighted by atomic mass is 32.1. The van der Waals surface area contributed by atoms with Crippen LogP contribution in [0.3, 0.4) is 0 Å². The summed E-state index contributed by atoms with van der Waals surface area (Å²) in [6, 6.07) is 16.8. The van der Waals surface area contributed by atoms with Crippen LogP contribution in [0, 0.1) is 0 Å². The molecule has 0 aliphatic heterocycles. The highest BCUT2D eigenvalue weighted by Gasteiger charge is 2.23. The average molecular weight is 356 g/mol. The summed E-state index contributed by atoms with van der Waals surface area (Å²) in [5.41, 5.74) is 2.42. The molecule has 132 valence electrons. The van der Waals surface area contributed by atoms with Crippen molar-refractivity contribution >= 4 is 11.3 Å². The lowest BCUT2D eigenvalue weighted by molar-refractivity contribution is -0.0673. The molecule has 2 heterocycles. The molecule has 3 aromatic rings. The number of aryl methyl sites for hydroxylation is 1. The minimum absolute atomic E-state index is 0.00529. The third kappa shape index (κ3) is 4.57. The zero-order chi connectivity index (χ0) is 17.6. The first kappa shape index (κ1) is 17.9. The van der Waals surface area contributed by atoms with E-state index in [2.05, 4.69) is 71.8 Å². The number of hydrogen-bond donors (Lipinski definition) is 0. The zero-order valence-corrected chi connectivity index (χ0v) is 15.8. The van der Waals surface area contributed by atoms with Gasteiger partial charge in [-0.1, -0.05) is 36.4 Å². The van der Waals surface area contributed by atoms with E-state index in [0.717, 1.165) is 18.7 Å². The number of ether oxygens (including phenoxy) is 1. The molecule has 0 N–H and O–H groups in total. The van der Waals surface area contributed by atoms with Gasteiger partial charge in [-0.05, 0) is 43.5 Å². The lowest BCUT2D eigenvalue weighted by atomic mass is 10.1. The summed E-state index contributed by atoms with van der Waals surface area (Å²) in [5.74, 6) is 0. The number of hydrogen-bond acceptors (Lipinski definition) is 4. The Morgan fingerprint density at radius 2 is 1.96 bits per heavy atom. The fraction of sp³-hybridized carbons (Fsp3) is 0.350. The topological polar surface area (TPSA) is 30.3 Å². The van der Waals surface area contributed by atoms with Crippen LogP contribution in [0.2, 0.25) is 0 Å². The number of benzene rings is 1. The first-order chi connectivity index (χ1) is 12.1. The Bertz CT molecular complexity index is 754. The maximum atomic E-state index is 6.45. The molecule has 0 saturated heterocycles. The molecular formula is C20H25N3OS. The Labute approximate surface area is 153 Å². The van der Waals surface area contributed by atoms with Gasteiger partial charge in [0, 0.05) is 24.7 Å². The monoisotopic (exact) mass is 355 g/mol. The number of rotatable bonds is 8. The van der Waals surface area contributed by atoms with E-state index in [9.17, 15) is 0 Å². The predicted molar refractivity (Wildman–Crippen MR) is 103 cm³/mol. The summed E-state index contributed by atoms with van der Waals surface area (Å²) in [5, 5.41) is 6.39. The molecule has 3 rings (SSSR count). The second kappa shape index (κ2) is 8.43. The number of nitrogens with zero attached hydrogens (tertiary/aromatic N) is 3. The molecule has 4 nitrogen and oxygen atoms in total. The van der Waals surface area contributed by atoms with E-state index in [-0.39, 0.29) is 12.3 Å². The van der Waals surface area contributed by atoms with E-state index in [1.54, 1.807) is 11.3 Å². The molecule has 0 aliphatic carbocycles. The molecule has 1 aromatic carbocycles. The van der Waals surface area contributed by atoms with Gasteiger partial charge in [0.1, 0.15) is 12.3 Å². The summed E-state index contributed by atoms with van der Waals surface area (Å²) in [6.07, 6.45) is 2.75.